The van der Waals surface area contributed by atoms with Crippen molar-refractivity contribution in [3.8, 4) is 0 Å². The van der Waals surface area contributed by atoms with Crippen LogP contribution in [0.25, 0.3) is 10.9 Å². The van der Waals surface area contributed by atoms with Crippen LogP contribution >= 0.6 is 0 Å². The first kappa shape index (κ1) is 31.7. The van der Waals surface area contributed by atoms with E-state index in [1.807, 2.05) is 55.9 Å². The predicted molar refractivity (Wildman–Crippen MR) is 158 cm³/mol. The van der Waals surface area contributed by atoms with Gasteiger partial charge < -0.3 is 29.9 Å². The van der Waals surface area contributed by atoms with Crippen LogP contribution in [0.15, 0.2) is 34.9 Å². The summed E-state index contributed by atoms with van der Waals surface area (Å²) in [6.45, 7) is 5.28. The third-order valence-electron chi connectivity index (χ3n) is 8.13. The number of nitrogens with zero attached hydrogens (tertiary/aromatic N) is 3. The second kappa shape index (κ2) is 13.0. The standard InChI is InChI=1S/C31H41N5O7/c1-18(2)15-22(32)27(37)36(30(41)34-31(29(40)42-5)13-9-6-10-14-31)24(26-33-25(28(38)39)19(3)43-26)16-20-17-35(4)23-12-8-7-11-21(20)23/h7-8,11-12,17-18,22,24H,6,9-10,13-16,32H2,1-5H3,(H,34,41)(H,38,39)/t22-,24+/m0/s1. The molecule has 0 aliphatic heterocycles. The Morgan fingerprint density at radius 3 is 2.47 bits per heavy atom. The summed E-state index contributed by atoms with van der Waals surface area (Å²) in [5.41, 5.74) is 6.44. The zero-order chi connectivity index (χ0) is 31.5. The van der Waals surface area contributed by atoms with Gasteiger partial charge in [0.2, 0.25) is 11.8 Å². The third-order valence-corrected chi connectivity index (χ3v) is 8.13. The molecule has 4 N–H and O–H groups in total. The number of carbonyl (C=O) groups excluding carboxylic acids is 3. The number of oxazole rings is 1. The molecular weight excluding hydrogens is 554 g/mol. The van der Waals surface area contributed by atoms with Crippen LogP contribution in [0.2, 0.25) is 0 Å². The van der Waals surface area contributed by atoms with E-state index in [4.69, 9.17) is 14.9 Å². The number of methoxy groups -OCH3 is 1. The van der Waals surface area contributed by atoms with Crippen molar-refractivity contribution in [1.29, 1.82) is 0 Å². The fraction of sp³-hybridized carbons (Fsp3) is 0.516. The number of carboxylic acid groups (broad SMARTS) is 1. The van der Waals surface area contributed by atoms with Gasteiger partial charge >= 0.3 is 18.0 Å². The number of aromatic carboxylic acids is 1. The number of nitrogens with one attached hydrogen (secondary N) is 1. The molecule has 43 heavy (non-hydrogen) atoms. The van der Waals surface area contributed by atoms with Gasteiger partial charge in [0.15, 0.2) is 5.69 Å². The smallest absolute Gasteiger partial charge is 0.358 e. The highest BCUT2D eigenvalue weighted by molar-refractivity contribution is 5.99. The monoisotopic (exact) mass is 595 g/mol. The van der Waals surface area contributed by atoms with E-state index < -0.39 is 41.5 Å². The molecule has 0 bridgehead atoms. The minimum Gasteiger partial charge on any atom is -0.476 e. The molecule has 0 spiro atoms. The number of rotatable bonds is 10. The van der Waals surface area contributed by atoms with Crippen molar-refractivity contribution in [2.45, 2.75) is 83.3 Å². The van der Waals surface area contributed by atoms with E-state index in [-0.39, 0.29) is 36.1 Å². The first-order valence-corrected chi connectivity index (χ1v) is 14.6. The molecule has 2 atom stereocenters. The lowest BCUT2D eigenvalue weighted by Gasteiger charge is -2.38. The van der Waals surface area contributed by atoms with E-state index in [2.05, 4.69) is 10.3 Å². The highest BCUT2D eigenvalue weighted by Crippen LogP contribution is 2.34. The van der Waals surface area contributed by atoms with Gasteiger partial charge in [-0.2, -0.15) is 0 Å². The first-order chi connectivity index (χ1) is 20.4. The Morgan fingerprint density at radius 1 is 1.19 bits per heavy atom. The van der Waals surface area contributed by atoms with Crippen molar-refractivity contribution in [2.24, 2.45) is 18.7 Å². The molecule has 232 valence electrons. The molecule has 2 aromatic heterocycles. The minimum atomic E-state index is -1.33. The molecule has 0 saturated heterocycles. The lowest BCUT2D eigenvalue weighted by molar-refractivity contribution is -0.150. The molecule has 1 aromatic carbocycles. The van der Waals surface area contributed by atoms with E-state index in [1.54, 1.807) is 0 Å². The van der Waals surface area contributed by atoms with Crippen LogP contribution in [0.4, 0.5) is 4.79 Å². The summed E-state index contributed by atoms with van der Waals surface area (Å²) in [5, 5.41) is 13.4. The number of esters is 1. The fourth-order valence-corrected chi connectivity index (χ4v) is 6.02. The Bertz CT molecular complexity index is 1500. The summed E-state index contributed by atoms with van der Waals surface area (Å²) in [6.07, 6.45) is 5.20. The second-order valence-corrected chi connectivity index (χ2v) is 11.8. The Balaban J connectivity index is 1.87. The number of para-hydroxylation sites is 1. The first-order valence-electron chi connectivity index (χ1n) is 14.6. The number of nitrogens with two attached hydrogens (primary N) is 1. The number of carbonyl (C=O) groups is 4. The van der Waals surface area contributed by atoms with Crippen molar-refractivity contribution in [3.05, 3.63) is 53.4 Å². The summed E-state index contributed by atoms with van der Waals surface area (Å²) in [7, 11) is 3.15. The van der Waals surface area contributed by atoms with Gasteiger partial charge in [0.25, 0.3) is 0 Å². The number of fused-ring (bicyclic) bond motifs is 1. The highest BCUT2D eigenvalue weighted by Gasteiger charge is 2.46. The SMILES string of the molecule is COC(=O)C1(NC(=O)N(C(=O)[C@@H](N)CC(C)C)[C@H](Cc2cn(C)c3ccccc23)c2nc(C(=O)O)c(C)o2)CCCCC1. The summed E-state index contributed by atoms with van der Waals surface area (Å²) in [6, 6.07) is 4.58. The molecule has 2 heterocycles. The molecule has 1 fully saturated rings. The highest BCUT2D eigenvalue weighted by atomic mass is 16.5. The Kier molecular flexibility index (Phi) is 9.59. The number of carboxylic acids is 1. The van der Waals surface area contributed by atoms with Crippen molar-refractivity contribution < 1.29 is 33.4 Å². The minimum absolute atomic E-state index is 0.0306. The fourth-order valence-electron chi connectivity index (χ4n) is 6.02. The average Bonchev–Trinajstić information content (AvgIpc) is 3.51. The number of urea groups is 1. The molecule has 1 aliphatic rings. The Hall–Kier alpha value is -4.19. The molecule has 3 aromatic rings. The normalized spacial score (nSPS) is 16.1. The number of ether oxygens (including phenoxy) is 1. The Labute approximate surface area is 250 Å². The van der Waals surface area contributed by atoms with E-state index >= 15 is 0 Å². The quantitative estimate of drug-likeness (QED) is 0.290. The molecule has 1 aliphatic carbocycles. The van der Waals surface area contributed by atoms with Gasteiger partial charge in [0.1, 0.15) is 17.3 Å². The van der Waals surface area contributed by atoms with Crippen LogP contribution in [0.3, 0.4) is 0 Å². The maximum absolute atomic E-state index is 14.3. The molecule has 12 heteroatoms. The summed E-state index contributed by atoms with van der Waals surface area (Å²) >= 11 is 0. The van der Waals surface area contributed by atoms with Gasteiger partial charge in [-0.3, -0.25) is 9.69 Å². The number of hydrogen-bond donors (Lipinski definition) is 3. The Morgan fingerprint density at radius 2 is 1.86 bits per heavy atom. The van der Waals surface area contributed by atoms with Crippen molar-refractivity contribution >= 4 is 34.8 Å². The van der Waals surface area contributed by atoms with Gasteiger partial charge in [-0.15, -0.1) is 0 Å². The van der Waals surface area contributed by atoms with E-state index in [9.17, 15) is 24.3 Å². The van der Waals surface area contributed by atoms with E-state index in [0.29, 0.717) is 25.7 Å². The predicted octanol–water partition coefficient (Wildman–Crippen LogP) is 4.24. The van der Waals surface area contributed by atoms with Crippen LogP contribution in [-0.2, 0) is 27.8 Å². The molecule has 3 amide bonds. The number of amides is 3. The van der Waals surface area contributed by atoms with Gasteiger partial charge in [-0.25, -0.2) is 19.4 Å². The van der Waals surface area contributed by atoms with Gasteiger partial charge in [0, 0.05) is 30.6 Å². The molecular formula is C31H41N5O7. The lowest BCUT2D eigenvalue weighted by Crippen LogP contribution is -2.62. The van der Waals surface area contributed by atoms with Gasteiger partial charge in [-0.1, -0.05) is 51.3 Å². The van der Waals surface area contributed by atoms with Gasteiger partial charge in [-0.05, 0) is 43.7 Å². The van der Waals surface area contributed by atoms with Crippen molar-refractivity contribution in [3.63, 3.8) is 0 Å². The number of imide groups is 1. The van der Waals surface area contributed by atoms with Crippen LogP contribution in [0, 0.1) is 12.8 Å². The molecule has 1 saturated carbocycles. The number of benzene rings is 1. The van der Waals surface area contributed by atoms with Crippen LogP contribution in [0.5, 0.6) is 0 Å². The van der Waals surface area contributed by atoms with Gasteiger partial charge in [0.05, 0.1) is 13.2 Å². The zero-order valence-corrected chi connectivity index (χ0v) is 25.4. The summed E-state index contributed by atoms with van der Waals surface area (Å²) in [4.78, 5) is 58.6. The van der Waals surface area contributed by atoms with E-state index in [0.717, 1.165) is 27.8 Å². The van der Waals surface area contributed by atoms with Crippen molar-refractivity contribution in [2.75, 3.05) is 7.11 Å². The molecule has 12 nitrogen and oxygen atoms in total. The van der Waals surface area contributed by atoms with Crippen LogP contribution in [-0.4, -0.2) is 62.1 Å². The zero-order valence-electron chi connectivity index (χ0n) is 25.4. The van der Waals surface area contributed by atoms with Crippen LogP contribution < -0.4 is 11.1 Å². The third kappa shape index (κ3) is 6.58. The lowest BCUT2D eigenvalue weighted by atomic mass is 9.81. The maximum atomic E-state index is 14.3. The number of aryl methyl sites for hydroxylation is 2. The molecule has 0 unspecified atom stereocenters. The molecule has 4 rings (SSSR count). The van der Waals surface area contributed by atoms with Crippen LogP contribution in [0.1, 0.15) is 86.1 Å². The summed E-state index contributed by atoms with van der Waals surface area (Å²) < 4.78 is 12.9. The second-order valence-electron chi connectivity index (χ2n) is 11.8. The van der Waals surface area contributed by atoms with E-state index in [1.165, 1.54) is 14.0 Å². The maximum Gasteiger partial charge on any atom is 0.358 e. The average molecular weight is 596 g/mol. The number of hydrogen-bond acceptors (Lipinski definition) is 8. The largest absolute Gasteiger partial charge is 0.476 e. The topological polar surface area (TPSA) is 170 Å². The summed E-state index contributed by atoms with van der Waals surface area (Å²) in [5.74, 6) is -2.64. The molecule has 0 radical (unpaired) electrons. The number of aromatic nitrogens is 2. The van der Waals surface area contributed by atoms with Crippen molar-refractivity contribution in [1.82, 2.24) is 19.8 Å².